The molecule has 4 rings (SSSR count). The van der Waals surface area contributed by atoms with Crippen LogP contribution in [0.25, 0.3) is 22.4 Å². The molecule has 0 amide bonds. The molecule has 0 aliphatic rings. The Balaban J connectivity index is 1.41. The molecule has 0 atom stereocenters. The monoisotopic (exact) mass is 395 g/mol. The summed E-state index contributed by atoms with van der Waals surface area (Å²) in [6.07, 6.45) is 0. The van der Waals surface area contributed by atoms with Crippen molar-refractivity contribution < 1.29 is 14.1 Å². The first-order chi connectivity index (χ1) is 13.6. The Kier molecular flexibility index (Phi) is 5.09. The minimum Gasteiger partial charge on any atom is -0.465 e. The number of methoxy groups -OCH3 is 1. The fraction of sp³-hybridized carbons (Fsp3) is 0.211. The predicted octanol–water partition coefficient (Wildman–Crippen LogP) is 3.16. The minimum atomic E-state index is -0.381. The fourth-order valence-electron chi connectivity index (χ4n) is 2.83. The summed E-state index contributed by atoms with van der Waals surface area (Å²) in [6.45, 7) is 1.24. The second-order valence-electron chi connectivity index (χ2n) is 6.34. The van der Waals surface area contributed by atoms with Crippen LogP contribution in [0.15, 0.2) is 47.0 Å². The maximum atomic E-state index is 11.5. The third-order valence-corrected chi connectivity index (χ3v) is 4.76. The van der Waals surface area contributed by atoms with Crippen LogP contribution < -0.4 is 0 Å². The number of nitrogens with zero attached hydrogens (tertiary/aromatic N) is 5. The van der Waals surface area contributed by atoms with Gasteiger partial charge in [-0.1, -0.05) is 23.4 Å². The van der Waals surface area contributed by atoms with Crippen LogP contribution in [0, 0.1) is 0 Å². The van der Waals surface area contributed by atoms with Crippen LogP contribution in [0.5, 0.6) is 0 Å². The number of esters is 1. The van der Waals surface area contributed by atoms with Crippen LogP contribution in [0.4, 0.5) is 0 Å². The number of hydrogen-bond acceptors (Lipinski definition) is 9. The van der Waals surface area contributed by atoms with Crippen molar-refractivity contribution in [1.29, 1.82) is 0 Å². The molecule has 4 aromatic rings. The zero-order valence-electron chi connectivity index (χ0n) is 15.3. The highest BCUT2D eigenvalue weighted by Gasteiger charge is 2.13. The van der Waals surface area contributed by atoms with E-state index in [0.29, 0.717) is 23.8 Å². The summed E-state index contributed by atoms with van der Waals surface area (Å²) in [6, 6.07) is 12.9. The summed E-state index contributed by atoms with van der Waals surface area (Å²) in [5.74, 6) is 0.620. The van der Waals surface area contributed by atoms with Gasteiger partial charge in [-0.05, 0) is 36.9 Å². The molecule has 0 spiro atoms. The molecule has 0 bridgehead atoms. The number of rotatable bonds is 6. The number of carbonyl (C=O) groups is 1. The Morgan fingerprint density at radius 1 is 1.11 bits per heavy atom. The Morgan fingerprint density at radius 2 is 1.89 bits per heavy atom. The summed E-state index contributed by atoms with van der Waals surface area (Å²) in [5.41, 5.74) is 4.21. The maximum Gasteiger partial charge on any atom is 0.337 e. The smallest absolute Gasteiger partial charge is 0.337 e. The molecule has 2 aromatic carbocycles. The molecule has 0 unspecified atom stereocenters. The molecule has 0 saturated carbocycles. The first-order valence-electron chi connectivity index (χ1n) is 8.53. The molecule has 0 aliphatic carbocycles. The van der Waals surface area contributed by atoms with Crippen LogP contribution in [0.2, 0.25) is 0 Å². The van der Waals surface area contributed by atoms with Crippen LogP contribution in [-0.2, 0) is 17.8 Å². The summed E-state index contributed by atoms with van der Waals surface area (Å²) >= 11 is 1.21. The molecule has 28 heavy (non-hydrogen) atoms. The van der Waals surface area contributed by atoms with E-state index >= 15 is 0 Å². The van der Waals surface area contributed by atoms with Crippen LogP contribution in [0.3, 0.4) is 0 Å². The molecule has 9 heteroatoms. The summed E-state index contributed by atoms with van der Waals surface area (Å²) in [4.78, 5) is 18.0. The van der Waals surface area contributed by atoms with Crippen LogP contribution in [-0.4, -0.2) is 43.9 Å². The van der Waals surface area contributed by atoms with Gasteiger partial charge in [-0.3, -0.25) is 4.90 Å². The Bertz CT molecular complexity index is 1110. The van der Waals surface area contributed by atoms with Crippen molar-refractivity contribution in [2.24, 2.45) is 0 Å². The van der Waals surface area contributed by atoms with Gasteiger partial charge in [0.1, 0.15) is 11.0 Å². The molecule has 0 aliphatic heterocycles. The molecular weight excluding hydrogens is 378 g/mol. The average molecular weight is 395 g/mol. The minimum absolute atomic E-state index is 0.381. The zero-order chi connectivity index (χ0) is 19.5. The van der Waals surface area contributed by atoms with Gasteiger partial charge in [-0.25, -0.2) is 4.79 Å². The van der Waals surface area contributed by atoms with Gasteiger partial charge in [0, 0.05) is 12.1 Å². The third kappa shape index (κ3) is 3.90. The van der Waals surface area contributed by atoms with Crippen molar-refractivity contribution in [3.63, 3.8) is 0 Å². The summed E-state index contributed by atoms with van der Waals surface area (Å²) in [7, 11) is 3.34. The van der Waals surface area contributed by atoms with E-state index in [-0.39, 0.29) is 5.97 Å². The van der Waals surface area contributed by atoms with E-state index in [9.17, 15) is 4.79 Å². The van der Waals surface area contributed by atoms with E-state index in [1.807, 2.05) is 25.2 Å². The number of hydrogen-bond donors (Lipinski definition) is 0. The molecule has 2 aromatic heterocycles. The van der Waals surface area contributed by atoms with Crippen molar-refractivity contribution in [3.8, 4) is 11.4 Å². The molecule has 0 fully saturated rings. The van der Waals surface area contributed by atoms with E-state index in [4.69, 9.17) is 9.26 Å². The normalized spacial score (nSPS) is 11.2. The quantitative estimate of drug-likeness (QED) is 0.460. The predicted molar refractivity (Wildman–Crippen MR) is 104 cm³/mol. The zero-order valence-corrected chi connectivity index (χ0v) is 16.1. The van der Waals surface area contributed by atoms with Crippen LogP contribution in [0.1, 0.15) is 21.8 Å². The summed E-state index contributed by atoms with van der Waals surface area (Å²) < 4.78 is 18.6. The van der Waals surface area contributed by atoms with Crippen molar-refractivity contribution in [2.75, 3.05) is 14.2 Å². The largest absolute Gasteiger partial charge is 0.465 e. The third-order valence-electron chi connectivity index (χ3n) is 4.21. The maximum absolute atomic E-state index is 11.5. The van der Waals surface area contributed by atoms with E-state index in [0.717, 1.165) is 28.7 Å². The number of ether oxygens (including phenoxy) is 1. The lowest BCUT2D eigenvalue weighted by atomic mass is 10.1. The lowest BCUT2D eigenvalue weighted by molar-refractivity contribution is 0.0600. The first-order valence-corrected chi connectivity index (χ1v) is 9.26. The van der Waals surface area contributed by atoms with Gasteiger partial charge >= 0.3 is 5.97 Å². The van der Waals surface area contributed by atoms with Gasteiger partial charge in [0.25, 0.3) is 0 Å². The topological polar surface area (TPSA) is 94.2 Å². The second kappa shape index (κ2) is 7.83. The van der Waals surface area contributed by atoms with Crippen molar-refractivity contribution >= 4 is 28.7 Å². The van der Waals surface area contributed by atoms with Gasteiger partial charge < -0.3 is 9.26 Å². The molecule has 0 saturated heterocycles. The van der Waals surface area contributed by atoms with Crippen LogP contribution >= 0.6 is 11.7 Å². The number of aromatic nitrogens is 4. The highest BCUT2D eigenvalue weighted by atomic mass is 32.1. The first kappa shape index (κ1) is 18.2. The lowest BCUT2D eigenvalue weighted by Gasteiger charge is -2.13. The van der Waals surface area contributed by atoms with Crippen molar-refractivity contribution in [1.82, 2.24) is 23.8 Å². The van der Waals surface area contributed by atoms with Crippen molar-refractivity contribution in [2.45, 2.75) is 13.1 Å². The standard InChI is InChI=1S/C19H17N5O3S/c1-24(10-12-3-8-15-16(9-12)23-28-22-15)11-17-20-18(21-27-17)13-4-6-14(7-5-13)19(25)26-2/h3-9H,10-11H2,1-2H3. The summed E-state index contributed by atoms with van der Waals surface area (Å²) in [5, 5.41) is 4.03. The van der Waals surface area contributed by atoms with E-state index in [2.05, 4.69) is 23.8 Å². The number of carbonyl (C=O) groups excluding carboxylic acids is 1. The van der Waals surface area contributed by atoms with Crippen molar-refractivity contribution in [3.05, 3.63) is 59.5 Å². The second-order valence-corrected chi connectivity index (χ2v) is 6.87. The average Bonchev–Trinajstić information content (AvgIpc) is 3.36. The van der Waals surface area contributed by atoms with Gasteiger partial charge in [0.15, 0.2) is 0 Å². The fourth-order valence-corrected chi connectivity index (χ4v) is 3.35. The van der Waals surface area contributed by atoms with E-state index in [1.165, 1.54) is 18.8 Å². The molecule has 0 N–H and O–H groups in total. The van der Waals surface area contributed by atoms with Gasteiger partial charge in [0.2, 0.25) is 11.7 Å². The Labute approximate surface area is 165 Å². The molecular formula is C19H17N5O3S. The highest BCUT2D eigenvalue weighted by Crippen LogP contribution is 2.19. The van der Waals surface area contributed by atoms with Gasteiger partial charge in [-0.15, -0.1) is 0 Å². The van der Waals surface area contributed by atoms with Gasteiger partial charge in [0.05, 0.1) is 30.9 Å². The number of fused-ring (bicyclic) bond motifs is 1. The van der Waals surface area contributed by atoms with E-state index in [1.54, 1.807) is 24.3 Å². The molecule has 0 radical (unpaired) electrons. The molecule has 8 nitrogen and oxygen atoms in total. The Morgan fingerprint density at radius 3 is 2.68 bits per heavy atom. The molecule has 2 heterocycles. The van der Waals surface area contributed by atoms with E-state index < -0.39 is 0 Å². The number of benzene rings is 2. The highest BCUT2D eigenvalue weighted by molar-refractivity contribution is 7.00. The Hall–Kier alpha value is -3.17. The molecule has 142 valence electrons. The SMILES string of the molecule is COC(=O)c1ccc(-c2noc(CN(C)Cc3ccc4nsnc4c3)n2)cc1. The van der Waals surface area contributed by atoms with Gasteiger partial charge in [-0.2, -0.15) is 13.7 Å². The lowest BCUT2D eigenvalue weighted by Crippen LogP contribution is -2.17.